The van der Waals surface area contributed by atoms with Gasteiger partial charge in [-0.1, -0.05) is 35.5 Å². The second-order valence-corrected chi connectivity index (χ2v) is 4.17. The van der Waals surface area contributed by atoms with Crippen LogP contribution in [-0.2, 0) is 11.2 Å². The first-order valence-corrected chi connectivity index (χ1v) is 6.24. The highest BCUT2D eigenvalue weighted by molar-refractivity contribution is 5.83. The van der Waals surface area contributed by atoms with Gasteiger partial charge in [0, 0.05) is 13.0 Å². The minimum atomic E-state index is -1.13. The van der Waals surface area contributed by atoms with E-state index >= 15 is 0 Å². The summed E-state index contributed by atoms with van der Waals surface area (Å²) in [6.45, 7) is 0.259. The van der Waals surface area contributed by atoms with Crippen molar-refractivity contribution in [2.45, 2.75) is 12.5 Å². The molecule has 0 radical (unpaired) electrons. The molecule has 0 fully saturated rings. The number of carboxylic acids is 1. The number of urea groups is 1. The first kappa shape index (κ1) is 14.5. The average molecular weight is 290 g/mol. The van der Waals surface area contributed by atoms with Gasteiger partial charge in [-0.15, -0.1) is 0 Å². The van der Waals surface area contributed by atoms with Gasteiger partial charge in [-0.3, -0.25) is 0 Å². The van der Waals surface area contributed by atoms with Crippen LogP contribution in [0.5, 0.6) is 0 Å². The molecule has 8 nitrogen and oxygen atoms in total. The Bertz CT molecular complexity index is 585. The standard InChI is InChI=1S/C13H14N4O4/c18-12(19)11(9-4-2-1-3-5-9)17-13(20)14-7-6-10-15-8-16-21-10/h1-5,8,11H,6-7H2,(H,18,19)(H2,14,17,20)/t11-/m0/s1. The highest BCUT2D eigenvalue weighted by atomic mass is 16.5. The Morgan fingerprint density at radius 3 is 2.67 bits per heavy atom. The second-order valence-electron chi connectivity index (χ2n) is 4.17. The molecule has 0 spiro atoms. The molecule has 110 valence electrons. The molecule has 8 heteroatoms. The fourth-order valence-electron chi connectivity index (χ4n) is 1.70. The molecule has 0 saturated heterocycles. The molecule has 21 heavy (non-hydrogen) atoms. The Hall–Kier alpha value is -2.90. The predicted octanol–water partition coefficient (Wildman–Crippen LogP) is 0.737. The number of nitrogens with zero attached hydrogens (tertiary/aromatic N) is 2. The van der Waals surface area contributed by atoms with Crippen LogP contribution < -0.4 is 10.6 Å². The Kier molecular flexibility index (Phi) is 4.86. The van der Waals surface area contributed by atoms with Crippen molar-refractivity contribution in [1.29, 1.82) is 0 Å². The first-order chi connectivity index (χ1) is 10.2. The molecule has 2 aromatic rings. The normalized spacial score (nSPS) is 11.6. The lowest BCUT2D eigenvalue weighted by atomic mass is 10.1. The maximum absolute atomic E-state index is 11.7. The highest BCUT2D eigenvalue weighted by Crippen LogP contribution is 2.12. The number of carbonyl (C=O) groups excluding carboxylic acids is 1. The van der Waals surface area contributed by atoms with Crippen molar-refractivity contribution >= 4 is 12.0 Å². The molecule has 2 rings (SSSR count). The van der Waals surface area contributed by atoms with Crippen LogP contribution in [0, 0.1) is 0 Å². The molecule has 0 saturated carbocycles. The summed E-state index contributed by atoms with van der Waals surface area (Å²) in [7, 11) is 0. The molecule has 0 aliphatic heterocycles. The monoisotopic (exact) mass is 290 g/mol. The van der Waals surface area contributed by atoms with Crippen molar-refractivity contribution in [2.24, 2.45) is 0 Å². The number of aliphatic carboxylic acids is 1. The lowest BCUT2D eigenvalue weighted by Gasteiger charge is -2.15. The quantitative estimate of drug-likeness (QED) is 0.722. The molecule has 1 heterocycles. The van der Waals surface area contributed by atoms with E-state index in [2.05, 4.69) is 20.8 Å². The van der Waals surface area contributed by atoms with Crippen molar-refractivity contribution in [3.63, 3.8) is 0 Å². The van der Waals surface area contributed by atoms with Crippen LogP contribution in [0.4, 0.5) is 4.79 Å². The summed E-state index contributed by atoms with van der Waals surface area (Å²) in [6.07, 6.45) is 1.64. The number of nitrogens with one attached hydrogen (secondary N) is 2. The fourth-order valence-corrected chi connectivity index (χ4v) is 1.70. The summed E-state index contributed by atoms with van der Waals surface area (Å²) in [6, 6.07) is 6.78. The molecule has 0 unspecified atom stereocenters. The van der Waals surface area contributed by atoms with Crippen molar-refractivity contribution in [2.75, 3.05) is 6.54 Å². The van der Waals surface area contributed by atoms with E-state index in [1.807, 2.05) is 0 Å². The average Bonchev–Trinajstić information content (AvgIpc) is 2.98. The van der Waals surface area contributed by atoms with Gasteiger partial charge in [-0.2, -0.15) is 4.98 Å². The van der Waals surface area contributed by atoms with Crippen LogP contribution in [0.1, 0.15) is 17.5 Å². The van der Waals surface area contributed by atoms with Crippen molar-refractivity contribution in [1.82, 2.24) is 20.8 Å². The van der Waals surface area contributed by atoms with Crippen LogP contribution in [0.3, 0.4) is 0 Å². The molecule has 0 aliphatic carbocycles. The molecule has 0 aliphatic rings. The molecular formula is C13H14N4O4. The number of amides is 2. The van der Waals surface area contributed by atoms with Crippen molar-refractivity contribution in [3.8, 4) is 0 Å². The van der Waals surface area contributed by atoms with Gasteiger partial charge in [-0.25, -0.2) is 9.59 Å². The minimum absolute atomic E-state index is 0.259. The number of carboxylic acid groups (broad SMARTS) is 1. The van der Waals surface area contributed by atoms with Gasteiger partial charge in [0.25, 0.3) is 0 Å². The molecule has 2 amide bonds. The van der Waals surface area contributed by atoms with E-state index in [0.29, 0.717) is 17.9 Å². The summed E-state index contributed by atoms with van der Waals surface area (Å²) < 4.78 is 4.78. The van der Waals surface area contributed by atoms with E-state index in [4.69, 9.17) is 4.52 Å². The van der Waals surface area contributed by atoms with Crippen LogP contribution in [-0.4, -0.2) is 33.8 Å². The van der Waals surface area contributed by atoms with Gasteiger partial charge in [0.1, 0.15) is 0 Å². The van der Waals surface area contributed by atoms with Crippen LogP contribution in [0.2, 0.25) is 0 Å². The van der Waals surface area contributed by atoms with E-state index < -0.39 is 18.0 Å². The molecular weight excluding hydrogens is 276 g/mol. The van der Waals surface area contributed by atoms with Gasteiger partial charge in [0.15, 0.2) is 12.4 Å². The van der Waals surface area contributed by atoms with E-state index in [9.17, 15) is 14.7 Å². The van der Waals surface area contributed by atoms with E-state index in [1.54, 1.807) is 30.3 Å². The number of hydrogen-bond donors (Lipinski definition) is 3. The number of aromatic nitrogens is 2. The van der Waals surface area contributed by atoms with Crippen molar-refractivity contribution < 1.29 is 19.2 Å². The summed E-state index contributed by atoms with van der Waals surface area (Å²) in [5.74, 6) is -0.735. The molecule has 0 bridgehead atoms. The lowest BCUT2D eigenvalue weighted by molar-refractivity contribution is -0.139. The molecule has 1 aromatic heterocycles. The summed E-state index contributed by atoms with van der Waals surface area (Å²) in [4.78, 5) is 26.7. The topological polar surface area (TPSA) is 117 Å². The van der Waals surface area contributed by atoms with E-state index in [0.717, 1.165) is 0 Å². The third kappa shape index (κ3) is 4.30. The van der Waals surface area contributed by atoms with Crippen molar-refractivity contribution in [3.05, 3.63) is 48.1 Å². The zero-order valence-electron chi connectivity index (χ0n) is 11.0. The SMILES string of the molecule is O=C(NCCc1ncno1)N[C@H](C(=O)O)c1ccccc1. The van der Waals surface area contributed by atoms with Gasteiger partial charge in [-0.05, 0) is 5.56 Å². The number of benzene rings is 1. The first-order valence-electron chi connectivity index (χ1n) is 6.24. The third-order valence-corrected chi connectivity index (χ3v) is 2.69. The highest BCUT2D eigenvalue weighted by Gasteiger charge is 2.21. The largest absolute Gasteiger partial charge is 0.479 e. The molecule has 3 N–H and O–H groups in total. The number of hydrogen-bond acceptors (Lipinski definition) is 5. The maximum atomic E-state index is 11.7. The Balaban J connectivity index is 1.85. The van der Waals surface area contributed by atoms with E-state index in [-0.39, 0.29) is 6.54 Å². The van der Waals surface area contributed by atoms with Gasteiger partial charge in [0.05, 0.1) is 0 Å². The Labute approximate surface area is 120 Å². The number of carbonyl (C=O) groups is 2. The fraction of sp³-hybridized carbons (Fsp3) is 0.231. The smallest absolute Gasteiger partial charge is 0.330 e. The lowest BCUT2D eigenvalue weighted by Crippen LogP contribution is -2.41. The van der Waals surface area contributed by atoms with Gasteiger partial charge < -0.3 is 20.3 Å². The maximum Gasteiger partial charge on any atom is 0.330 e. The second kappa shape index (κ2) is 7.04. The van der Waals surface area contributed by atoms with Crippen LogP contribution >= 0.6 is 0 Å². The van der Waals surface area contributed by atoms with Gasteiger partial charge >= 0.3 is 12.0 Å². The van der Waals surface area contributed by atoms with Gasteiger partial charge in [0.2, 0.25) is 5.89 Å². The Morgan fingerprint density at radius 2 is 2.05 bits per heavy atom. The minimum Gasteiger partial charge on any atom is -0.479 e. The molecule has 1 aromatic carbocycles. The predicted molar refractivity (Wildman–Crippen MR) is 71.4 cm³/mol. The van der Waals surface area contributed by atoms with E-state index in [1.165, 1.54) is 6.33 Å². The zero-order valence-corrected chi connectivity index (χ0v) is 11.0. The summed E-state index contributed by atoms with van der Waals surface area (Å²) in [5.41, 5.74) is 0.497. The van der Waals surface area contributed by atoms with Crippen LogP contribution in [0.25, 0.3) is 0 Å². The third-order valence-electron chi connectivity index (χ3n) is 2.69. The molecule has 1 atom stereocenters. The Morgan fingerprint density at radius 1 is 1.29 bits per heavy atom. The number of rotatable bonds is 6. The zero-order chi connectivity index (χ0) is 15.1. The van der Waals surface area contributed by atoms with Crippen LogP contribution in [0.15, 0.2) is 41.2 Å². The summed E-state index contributed by atoms with van der Waals surface area (Å²) >= 11 is 0. The summed E-state index contributed by atoms with van der Waals surface area (Å²) in [5, 5.41) is 17.5.